The number of hydrogen-bond acceptors (Lipinski definition) is 1. The zero-order chi connectivity index (χ0) is 14.3. The van der Waals surface area contributed by atoms with E-state index in [-0.39, 0.29) is 0 Å². The van der Waals surface area contributed by atoms with Crippen LogP contribution in [-0.2, 0) is 12.0 Å². The highest BCUT2D eigenvalue weighted by Crippen LogP contribution is 2.43. The second-order valence-corrected chi connectivity index (χ2v) is 6.62. The molecule has 1 atom stereocenters. The Morgan fingerprint density at radius 1 is 0.952 bits per heavy atom. The lowest BCUT2D eigenvalue weighted by molar-refractivity contribution is 0.0614. The molecule has 2 aliphatic carbocycles. The van der Waals surface area contributed by atoms with Gasteiger partial charge in [0, 0.05) is 0 Å². The van der Waals surface area contributed by atoms with Gasteiger partial charge in [-0.15, -0.1) is 0 Å². The highest BCUT2D eigenvalue weighted by Gasteiger charge is 2.36. The summed E-state index contributed by atoms with van der Waals surface area (Å²) in [7, 11) is 0. The first-order valence-electron chi connectivity index (χ1n) is 8.18. The van der Waals surface area contributed by atoms with E-state index in [0.29, 0.717) is 5.92 Å². The van der Waals surface area contributed by atoms with Gasteiger partial charge in [-0.3, -0.25) is 0 Å². The van der Waals surface area contributed by atoms with Gasteiger partial charge in [0.1, 0.15) is 5.60 Å². The Labute approximate surface area is 126 Å². The maximum Gasteiger partial charge on any atom is 0.115 e. The van der Waals surface area contributed by atoms with Crippen molar-refractivity contribution in [1.29, 1.82) is 0 Å². The third-order valence-electron chi connectivity index (χ3n) is 5.39. The van der Waals surface area contributed by atoms with Crippen LogP contribution in [0.3, 0.4) is 0 Å². The van der Waals surface area contributed by atoms with Crippen molar-refractivity contribution in [2.24, 2.45) is 0 Å². The van der Waals surface area contributed by atoms with Crippen molar-refractivity contribution in [3.63, 3.8) is 0 Å². The Hall–Kier alpha value is -1.60. The van der Waals surface area contributed by atoms with Gasteiger partial charge in [0.25, 0.3) is 0 Å². The molecule has 108 valence electrons. The highest BCUT2D eigenvalue weighted by molar-refractivity contribution is 5.44. The minimum absolute atomic E-state index is 0.715. The maximum absolute atomic E-state index is 11.4. The monoisotopic (exact) mass is 278 g/mol. The quantitative estimate of drug-likeness (QED) is 0.856. The van der Waals surface area contributed by atoms with E-state index in [4.69, 9.17) is 0 Å². The lowest BCUT2D eigenvalue weighted by Gasteiger charge is -2.36. The lowest BCUT2D eigenvalue weighted by atomic mass is 9.73. The standard InChI is InChI=1S/C20H22O/c21-20(13-5-10-16-6-1-2-12-19(16)20)18-11-4-9-17(14-18)15-7-3-8-15/h1-2,4,6,9,11-12,14-15,21H,3,5,7-8,10,13H2. The molecule has 1 nitrogen and oxygen atoms in total. The number of aliphatic hydroxyl groups is 1. The third-order valence-corrected chi connectivity index (χ3v) is 5.39. The van der Waals surface area contributed by atoms with Gasteiger partial charge in [-0.1, -0.05) is 55.0 Å². The number of hydrogen-bond donors (Lipinski definition) is 1. The molecule has 0 spiro atoms. The highest BCUT2D eigenvalue weighted by atomic mass is 16.3. The second-order valence-electron chi connectivity index (χ2n) is 6.62. The van der Waals surface area contributed by atoms with Crippen molar-refractivity contribution in [1.82, 2.24) is 0 Å². The Morgan fingerprint density at radius 3 is 2.62 bits per heavy atom. The van der Waals surface area contributed by atoms with Gasteiger partial charge >= 0.3 is 0 Å². The van der Waals surface area contributed by atoms with E-state index in [0.717, 1.165) is 30.4 Å². The maximum atomic E-state index is 11.4. The van der Waals surface area contributed by atoms with E-state index < -0.39 is 5.60 Å². The smallest absolute Gasteiger partial charge is 0.115 e. The van der Waals surface area contributed by atoms with Gasteiger partial charge in [0.2, 0.25) is 0 Å². The van der Waals surface area contributed by atoms with Crippen LogP contribution in [0.1, 0.15) is 60.3 Å². The van der Waals surface area contributed by atoms with Crippen molar-refractivity contribution in [2.75, 3.05) is 0 Å². The first-order valence-corrected chi connectivity index (χ1v) is 8.18. The summed E-state index contributed by atoms with van der Waals surface area (Å²) in [6.07, 6.45) is 6.93. The predicted octanol–water partition coefficient (Wildman–Crippen LogP) is 4.53. The predicted molar refractivity (Wildman–Crippen MR) is 85.4 cm³/mol. The summed E-state index contributed by atoms with van der Waals surface area (Å²) in [5.41, 5.74) is 4.12. The average molecular weight is 278 g/mol. The van der Waals surface area contributed by atoms with Crippen molar-refractivity contribution >= 4 is 0 Å². The lowest BCUT2D eigenvalue weighted by Crippen LogP contribution is -2.32. The molecule has 1 heteroatoms. The molecule has 2 aromatic rings. The van der Waals surface area contributed by atoms with Crippen LogP contribution in [0.25, 0.3) is 0 Å². The Balaban J connectivity index is 1.79. The molecule has 4 rings (SSSR count). The molecule has 2 aromatic carbocycles. The van der Waals surface area contributed by atoms with Crippen LogP contribution in [0.4, 0.5) is 0 Å². The Kier molecular flexibility index (Phi) is 3.11. The first-order chi connectivity index (χ1) is 10.3. The van der Waals surface area contributed by atoms with E-state index in [1.807, 2.05) is 6.07 Å². The summed E-state index contributed by atoms with van der Waals surface area (Å²) in [4.78, 5) is 0. The fraction of sp³-hybridized carbons (Fsp3) is 0.400. The summed E-state index contributed by atoms with van der Waals surface area (Å²) in [5.74, 6) is 0.715. The molecular weight excluding hydrogens is 256 g/mol. The SMILES string of the molecule is OC1(c2cccc(C3CCC3)c2)CCCc2ccccc21. The molecule has 1 unspecified atom stereocenters. The Morgan fingerprint density at radius 2 is 1.81 bits per heavy atom. The van der Waals surface area contributed by atoms with E-state index in [2.05, 4.69) is 42.5 Å². The summed E-state index contributed by atoms with van der Waals surface area (Å²) >= 11 is 0. The second kappa shape index (κ2) is 4.99. The van der Waals surface area contributed by atoms with Crippen molar-refractivity contribution < 1.29 is 5.11 Å². The Bertz CT molecular complexity index is 656. The molecule has 0 radical (unpaired) electrons. The van der Waals surface area contributed by atoms with Crippen molar-refractivity contribution in [2.45, 2.75) is 50.0 Å². The van der Waals surface area contributed by atoms with Gasteiger partial charge in [0.15, 0.2) is 0 Å². The van der Waals surface area contributed by atoms with Crippen LogP contribution in [0.2, 0.25) is 0 Å². The summed E-state index contributed by atoms with van der Waals surface area (Å²) in [6, 6.07) is 17.1. The van der Waals surface area contributed by atoms with Gasteiger partial charge in [-0.05, 0) is 60.3 Å². The molecular formula is C20H22O. The number of fused-ring (bicyclic) bond motifs is 1. The molecule has 0 saturated heterocycles. The number of rotatable bonds is 2. The first kappa shape index (κ1) is 13.1. The third kappa shape index (κ3) is 2.11. The van der Waals surface area contributed by atoms with Crippen molar-refractivity contribution in [3.8, 4) is 0 Å². The molecule has 0 heterocycles. The van der Waals surface area contributed by atoms with Gasteiger partial charge < -0.3 is 5.11 Å². The zero-order valence-electron chi connectivity index (χ0n) is 12.4. The van der Waals surface area contributed by atoms with Crippen LogP contribution in [0.5, 0.6) is 0 Å². The topological polar surface area (TPSA) is 20.2 Å². The fourth-order valence-electron chi connectivity index (χ4n) is 3.90. The van der Waals surface area contributed by atoms with Crippen LogP contribution < -0.4 is 0 Å². The fourth-order valence-corrected chi connectivity index (χ4v) is 3.90. The zero-order valence-corrected chi connectivity index (χ0v) is 12.4. The van der Waals surface area contributed by atoms with Crippen LogP contribution in [0.15, 0.2) is 48.5 Å². The van der Waals surface area contributed by atoms with E-state index >= 15 is 0 Å². The van der Waals surface area contributed by atoms with Crippen LogP contribution in [0, 0.1) is 0 Å². The molecule has 0 aliphatic heterocycles. The summed E-state index contributed by atoms with van der Waals surface area (Å²) in [6.45, 7) is 0. The molecule has 0 amide bonds. The minimum Gasteiger partial charge on any atom is -0.380 e. The molecule has 21 heavy (non-hydrogen) atoms. The van der Waals surface area contributed by atoms with E-state index in [9.17, 15) is 5.11 Å². The molecule has 0 bridgehead atoms. The molecule has 1 N–H and O–H groups in total. The summed E-state index contributed by atoms with van der Waals surface area (Å²) < 4.78 is 0. The van der Waals surface area contributed by atoms with E-state index in [1.54, 1.807) is 0 Å². The molecule has 1 fully saturated rings. The van der Waals surface area contributed by atoms with Gasteiger partial charge in [0.05, 0.1) is 0 Å². The molecule has 0 aromatic heterocycles. The van der Waals surface area contributed by atoms with Gasteiger partial charge in [-0.25, -0.2) is 0 Å². The van der Waals surface area contributed by atoms with Crippen molar-refractivity contribution in [3.05, 3.63) is 70.8 Å². The average Bonchev–Trinajstić information content (AvgIpc) is 2.46. The van der Waals surface area contributed by atoms with Gasteiger partial charge in [-0.2, -0.15) is 0 Å². The molecule has 1 saturated carbocycles. The minimum atomic E-state index is -0.797. The molecule has 2 aliphatic rings. The normalized spacial score (nSPS) is 25.2. The largest absolute Gasteiger partial charge is 0.380 e. The van der Waals surface area contributed by atoms with Crippen LogP contribution in [-0.4, -0.2) is 5.11 Å². The number of aryl methyl sites for hydroxylation is 1. The van der Waals surface area contributed by atoms with Crippen LogP contribution >= 0.6 is 0 Å². The number of benzene rings is 2. The van der Waals surface area contributed by atoms with E-state index in [1.165, 1.54) is 30.4 Å². The summed E-state index contributed by atoms with van der Waals surface area (Å²) in [5, 5.41) is 11.4.